The van der Waals surface area contributed by atoms with Gasteiger partial charge < -0.3 is 18.9 Å². The van der Waals surface area contributed by atoms with Crippen molar-refractivity contribution in [1.82, 2.24) is 4.90 Å². The molecular formula is C50H43NO6. The molecule has 0 unspecified atom stereocenters. The summed E-state index contributed by atoms with van der Waals surface area (Å²) in [5.41, 5.74) is 8.39. The number of ether oxygens (including phenoxy) is 4. The van der Waals surface area contributed by atoms with Gasteiger partial charge in [-0.2, -0.15) is 0 Å². The monoisotopic (exact) mass is 753 g/mol. The zero-order valence-electron chi connectivity index (χ0n) is 32.9. The molecule has 0 fully saturated rings. The van der Waals surface area contributed by atoms with Crippen molar-refractivity contribution in [3.05, 3.63) is 118 Å². The molecule has 0 bridgehead atoms. The quantitative estimate of drug-likeness (QED) is 0.0744. The van der Waals surface area contributed by atoms with Crippen LogP contribution >= 0.6 is 0 Å². The topological polar surface area (TPSA) is 74.3 Å². The maximum Gasteiger partial charge on any atom is 0.261 e. The van der Waals surface area contributed by atoms with Crippen LogP contribution in [0.3, 0.4) is 0 Å². The first-order valence-corrected chi connectivity index (χ1v) is 19.4. The summed E-state index contributed by atoms with van der Waals surface area (Å²) in [5, 5.41) is 3.70. The second-order valence-corrected chi connectivity index (χ2v) is 14.4. The van der Waals surface area contributed by atoms with Gasteiger partial charge in [-0.05, 0) is 118 Å². The summed E-state index contributed by atoms with van der Waals surface area (Å²) in [6.45, 7) is 2.64. The molecule has 0 aromatic heterocycles. The molecule has 0 saturated carbocycles. The SMILES string of the molecule is CCCCCCCCN1C(=O)c2ccc3c4c(ccc(c24)C1=O)-c1cc2cc(C#Cc4ccc(OC)c(OC)c4)c(C#Cc4ccc(OC)c(OC)c4)cc2cc1-3. The van der Waals surface area contributed by atoms with Crippen molar-refractivity contribution in [1.29, 1.82) is 0 Å². The Labute approximate surface area is 333 Å². The van der Waals surface area contributed by atoms with Gasteiger partial charge in [0.25, 0.3) is 11.8 Å². The highest BCUT2D eigenvalue weighted by molar-refractivity contribution is 6.31. The van der Waals surface area contributed by atoms with Crippen LogP contribution < -0.4 is 18.9 Å². The molecule has 6 aromatic carbocycles. The number of benzene rings is 6. The predicted octanol–water partition coefficient (Wildman–Crippen LogP) is 10.4. The van der Waals surface area contributed by atoms with Crippen LogP contribution in [0, 0.1) is 23.7 Å². The Balaban J connectivity index is 1.21. The number of fused-ring (bicyclic) bond motifs is 4. The van der Waals surface area contributed by atoms with E-state index in [-0.39, 0.29) is 11.8 Å². The lowest BCUT2D eigenvalue weighted by molar-refractivity contribution is 0.0607. The fourth-order valence-corrected chi connectivity index (χ4v) is 8.05. The standard InChI is InChI=1S/C50H43NO6/c1-6-7-8-9-10-11-24-51-49(52)39-20-18-37-41-29-35-27-33(16-12-31-14-22-43(54-2)45(25-31)56-4)34(17-13-32-15-23-44(55-3)46(26-32)57-5)28-36(35)30-42(41)38-19-21-40(50(51)53)48(39)47(37)38/h14-15,18-23,25-30H,6-11,24H2,1-5H3. The first kappa shape index (κ1) is 37.2. The summed E-state index contributed by atoms with van der Waals surface area (Å²) in [6, 6.07) is 27.6. The minimum atomic E-state index is -0.207. The van der Waals surface area contributed by atoms with E-state index in [1.54, 1.807) is 28.4 Å². The molecule has 7 nitrogen and oxygen atoms in total. The number of hydrogen-bond acceptors (Lipinski definition) is 6. The molecule has 7 heteroatoms. The molecule has 1 aliphatic heterocycles. The summed E-state index contributed by atoms with van der Waals surface area (Å²) in [4.78, 5) is 29.2. The van der Waals surface area contributed by atoms with Gasteiger partial charge in [-0.1, -0.05) is 74.8 Å². The van der Waals surface area contributed by atoms with Gasteiger partial charge in [-0.3, -0.25) is 14.5 Å². The number of imide groups is 1. The Morgan fingerprint density at radius 1 is 0.456 bits per heavy atom. The molecular weight excluding hydrogens is 711 g/mol. The molecule has 0 atom stereocenters. The lowest BCUT2D eigenvalue weighted by atomic mass is 9.90. The minimum Gasteiger partial charge on any atom is -0.493 e. The van der Waals surface area contributed by atoms with Gasteiger partial charge in [0.15, 0.2) is 23.0 Å². The lowest BCUT2D eigenvalue weighted by Gasteiger charge is -2.27. The normalized spacial score (nSPS) is 12.2. The maximum atomic E-state index is 13.9. The highest BCUT2D eigenvalue weighted by Gasteiger charge is 2.36. The van der Waals surface area contributed by atoms with Crippen LogP contribution in [0.25, 0.3) is 43.8 Å². The average Bonchev–Trinajstić information content (AvgIpc) is 3.55. The van der Waals surface area contributed by atoms with Crippen molar-refractivity contribution in [3.8, 4) is 68.9 Å². The third kappa shape index (κ3) is 6.81. The Morgan fingerprint density at radius 3 is 1.37 bits per heavy atom. The highest BCUT2D eigenvalue weighted by Crippen LogP contribution is 2.51. The number of amides is 2. The second kappa shape index (κ2) is 15.8. The Bertz CT molecular complexity index is 2570. The summed E-state index contributed by atoms with van der Waals surface area (Å²) in [6.07, 6.45) is 6.52. The third-order valence-electron chi connectivity index (χ3n) is 11.0. The van der Waals surface area contributed by atoms with Gasteiger partial charge in [0.2, 0.25) is 0 Å². The van der Waals surface area contributed by atoms with Crippen molar-refractivity contribution in [2.45, 2.75) is 45.4 Å². The fraction of sp³-hybridized carbons (Fsp3) is 0.240. The van der Waals surface area contributed by atoms with E-state index in [9.17, 15) is 9.59 Å². The highest BCUT2D eigenvalue weighted by atomic mass is 16.5. The van der Waals surface area contributed by atoms with Crippen molar-refractivity contribution < 1.29 is 28.5 Å². The number of nitrogens with zero attached hydrogens (tertiary/aromatic N) is 1. The van der Waals surface area contributed by atoms with Crippen molar-refractivity contribution >= 4 is 33.4 Å². The maximum absolute atomic E-state index is 13.9. The van der Waals surface area contributed by atoms with Crippen molar-refractivity contribution in [3.63, 3.8) is 0 Å². The van der Waals surface area contributed by atoms with Crippen LogP contribution in [0.5, 0.6) is 23.0 Å². The summed E-state index contributed by atoms with van der Waals surface area (Å²) >= 11 is 0. The van der Waals surface area contributed by atoms with Crippen LogP contribution in [-0.4, -0.2) is 51.7 Å². The summed E-state index contributed by atoms with van der Waals surface area (Å²) < 4.78 is 21.9. The number of unbranched alkanes of at least 4 members (excludes halogenated alkanes) is 5. The Kier molecular flexibility index (Phi) is 10.3. The molecule has 0 spiro atoms. The molecule has 8 rings (SSSR count). The second-order valence-electron chi connectivity index (χ2n) is 14.4. The largest absolute Gasteiger partial charge is 0.493 e. The third-order valence-corrected chi connectivity index (χ3v) is 11.0. The minimum absolute atomic E-state index is 0.207. The van der Waals surface area contributed by atoms with E-state index in [1.165, 1.54) is 24.2 Å². The van der Waals surface area contributed by atoms with Crippen LogP contribution in [0.4, 0.5) is 0 Å². The predicted molar refractivity (Wildman–Crippen MR) is 226 cm³/mol. The number of hydrogen-bond donors (Lipinski definition) is 0. The molecule has 1 heterocycles. The van der Waals surface area contributed by atoms with Crippen LogP contribution in [0.15, 0.2) is 84.9 Å². The molecule has 1 aliphatic carbocycles. The summed E-state index contributed by atoms with van der Waals surface area (Å²) in [5.74, 6) is 15.4. The fourth-order valence-electron chi connectivity index (χ4n) is 8.05. The van der Waals surface area contributed by atoms with Gasteiger partial charge in [0.05, 0.1) is 28.4 Å². The molecule has 0 radical (unpaired) electrons. The molecule has 57 heavy (non-hydrogen) atoms. The van der Waals surface area contributed by atoms with E-state index >= 15 is 0 Å². The van der Waals surface area contributed by atoms with Gasteiger partial charge in [-0.25, -0.2) is 0 Å². The van der Waals surface area contributed by atoms with Crippen molar-refractivity contribution in [2.24, 2.45) is 0 Å². The van der Waals surface area contributed by atoms with Crippen LogP contribution in [-0.2, 0) is 0 Å². The van der Waals surface area contributed by atoms with E-state index in [2.05, 4.69) is 54.9 Å². The number of carbonyl (C=O) groups is 2. The van der Waals surface area contributed by atoms with Crippen LogP contribution in [0.2, 0.25) is 0 Å². The van der Waals surface area contributed by atoms with Crippen LogP contribution in [0.1, 0.15) is 88.4 Å². The Morgan fingerprint density at radius 2 is 0.895 bits per heavy atom. The molecule has 284 valence electrons. The average molecular weight is 754 g/mol. The van der Waals surface area contributed by atoms with Gasteiger partial charge in [0, 0.05) is 45.3 Å². The van der Waals surface area contributed by atoms with Gasteiger partial charge in [-0.15, -0.1) is 0 Å². The molecule has 6 aromatic rings. The van der Waals surface area contributed by atoms with Gasteiger partial charge >= 0.3 is 0 Å². The van der Waals surface area contributed by atoms with E-state index in [0.29, 0.717) is 40.7 Å². The number of carbonyl (C=O) groups excluding carboxylic acids is 2. The van der Waals surface area contributed by atoms with Gasteiger partial charge in [0.1, 0.15) is 0 Å². The molecule has 0 N–H and O–H groups in total. The Hall–Kier alpha value is -6.70. The van der Waals surface area contributed by atoms with Crippen molar-refractivity contribution in [2.75, 3.05) is 35.0 Å². The van der Waals surface area contributed by atoms with E-state index in [4.69, 9.17) is 18.9 Å². The van der Waals surface area contributed by atoms with E-state index in [0.717, 1.165) is 85.3 Å². The smallest absolute Gasteiger partial charge is 0.261 e. The van der Waals surface area contributed by atoms with E-state index in [1.807, 2.05) is 60.7 Å². The lowest BCUT2D eigenvalue weighted by Crippen LogP contribution is -2.40. The number of methoxy groups -OCH3 is 4. The summed E-state index contributed by atoms with van der Waals surface area (Å²) in [7, 11) is 6.42. The number of rotatable bonds is 11. The molecule has 0 saturated heterocycles. The first-order chi connectivity index (χ1) is 27.9. The molecule has 2 aliphatic rings. The first-order valence-electron chi connectivity index (χ1n) is 19.4. The van der Waals surface area contributed by atoms with E-state index < -0.39 is 0 Å². The zero-order valence-corrected chi connectivity index (χ0v) is 32.9. The molecule has 2 amide bonds. The zero-order chi connectivity index (χ0) is 39.6.